The highest BCUT2D eigenvalue weighted by Crippen LogP contribution is 2.38. The molecule has 1 saturated heterocycles. The van der Waals surface area contributed by atoms with Gasteiger partial charge >= 0.3 is 0 Å². The van der Waals surface area contributed by atoms with Crippen molar-refractivity contribution in [2.24, 2.45) is 5.41 Å². The molecule has 1 N–H and O–H groups in total. The fraction of sp³-hybridized carbons (Fsp3) is 1.00. The first-order chi connectivity index (χ1) is 8.22. The molecule has 2 nitrogen and oxygen atoms in total. The Morgan fingerprint density at radius 3 is 2.71 bits per heavy atom. The van der Waals surface area contributed by atoms with Crippen LogP contribution in [0.4, 0.5) is 0 Å². The lowest BCUT2D eigenvalue weighted by molar-refractivity contribution is 0.163. The topological polar surface area (TPSA) is 15.3 Å². The molecule has 0 aromatic heterocycles. The molecule has 0 bridgehead atoms. The highest BCUT2D eigenvalue weighted by atomic mass is 15.2. The maximum Gasteiger partial charge on any atom is 0.0194 e. The average molecular weight is 238 g/mol. The van der Waals surface area contributed by atoms with Gasteiger partial charge in [-0.25, -0.2) is 0 Å². The zero-order chi connectivity index (χ0) is 12.1. The first kappa shape index (κ1) is 13.4. The van der Waals surface area contributed by atoms with Crippen LogP contribution in [-0.4, -0.2) is 37.1 Å². The van der Waals surface area contributed by atoms with Crippen LogP contribution in [0.2, 0.25) is 0 Å². The molecule has 0 aromatic rings. The highest BCUT2D eigenvalue weighted by Gasteiger charge is 2.31. The van der Waals surface area contributed by atoms with E-state index in [1.807, 2.05) is 0 Å². The Labute approximate surface area is 107 Å². The molecular weight excluding hydrogens is 208 g/mol. The van der Waals surface area contributed by atoms with Gasteiger partial charge in [0.2, 0.25) is 0 Å². The lowest BCUT2D eigenvalue weighted by Crippen LogP contribution is -2.41. The average Bonchev–Trinajstić information content (AvgIpc) is 2.58. The molecule has 2 heteroatoms. The van der Waals surface area contributed by atoms with E-state index in [9.17, 15) is 0 Å². The number of nitrogens with zero attached hydrogens (tertiary/aromatic N) is 1. The minimum atomic E-state index is 0.626. The van der Waals surface area contributed by atoms with E-state index in [1.54, 1.807) is 0 Å². The van der Waals surface area contributed by atoms with Crippen LogP contribution in [0, 0.1) is 5.41 Å². The Hall–Kier alpha value is -0.0800. The van der Waals surface area contributed by atoms with Crippen molar-refractivity contribution in [1.82, 2.24) is 10.2 Å². The predicted octanol–water partition coefficient (Wildman–Crippen LogP) is 3.03. The van der Waals surface area contributed by atoms with Crippen molar-refractivity contribution in [3.8, 4) is 0 Å². The van der Waals surface area contributed by atoms with Gasteiger partial charge in [-0.2, -0.15) is 0 Å². The van der Waals surface area contributed by atoms with E-state index in [0.29, 0.717) is 5.41 Å². The van der Waals surface area contributed by atoms with Crippen molar-refractivity contribution in [3.05, 3.63) is 0 Å². The van der Waals surface area contributed by atoms with Crippen LogP contribution in [0.1, 0.15) is 58.8 Å². The maximum absolute atomic E-state index is 3.71. The third kappa shape index (κ3) is 3.96. The van der Waals surface area contributed by atoms with Gasteiger partial charge < -0.3 is 10.2 Å². The zero-order valence-electron chi connectivity index (χ0n) is 11.8. The molecule has 0 amide bonds. The summed E-state index contributed by atoms with van der Waals surface area (Å²) in [5, 5.41) is 3.71. The van der Waals surface area contributed by atoms with Crippen LogP contribution in [0.25, 0.3) is 0 Å². The number of hydrogen-bond donors (Lipinski definition) is 1. The van der Waals surface area contributed by atoms with E-state index < -0.39 is 0 Å². The zero-order valence-corrected chi connectivity index (χ0v) is 11.8. The highest BCUT2D eigenvalue weighted by molar-refractivity contribution is 4.86. The Morgan fingerprint density at radius 1 is 1.24 bits per heavy atom. The van der Waals surface area contributed by atoms with E-state index in [1.165, 1.54) is 71.1 Å². The number of nitrogens with one attached hydrogen (secondary N) is 1. The van der Waals surface area contributed by atoms with E-state index in [2.05, 4.69) is 24.1 Å². The largest absolute Gasteiger partial charge is 0.313 e. The number of hydrogen-bond acceptors (Lipinski definition) is 2. The summed E-state index contributed by atoms with van der Waals surface area (Å²) in [4.78, 5) is 2.74. The molecule has 1 unspecified atom stereocenters. The standard InChI is InChI=1S/C15H30N2/c1-3-7-14-12-17(11-6-10-16-14)13-15(2)8-4-5-9-15/h14,16H,3-13H2,1-2H3. The summed E-state index contributed by atoms with van der Waals surface area (Å²) in [7, 11) is 0. The minimum absolute atomic E-state index is 0.626. The molecule has 1 aliphatic carbocycles. The summed E-state index contributed by atoms with van der Waals surface area (Å²) in [6.07, 6.45) is 9.80. The molecule has 2 rings (SSSR count). The minimum Gasteiger partial charge on any atom is -0.313 e. The summed E-state index contributed by atoms with van der Waals surface area (Å²) in [5.74, 6) is 0. The van der Waals surface area contributed by atoms with Crippen LogP contribution >= 0.6 is 0 Å². The summed E-state index contributed by atoms with van der Waals surface area (Å²) < 4.78 is 0. The first-order valence-electron chi connectivity index (χ1n) is 7.68. The van der Waals surface area contributed by atoms with E-state index in [0.717, 1.165) is 6.04 Å². The lowest BCUT2D eigenvalue weighted by Gasteiger charge is -2.33. The van der Waals surface area contributed by atoms with Crippen LogP contribution in [-0.2, 0) is 0 Å². The summed E-state index contributed by atoms with van der Waals surface area (Å²) in [5.41, 5.74) is 0.626. The predicted molar refractivity (Wildman–Crippen MR) is 74.3 cm³/mol. The Balaban J connectivity index is 1.85. The molecule has 1 heterocycles. The number of rotatable bonds is 4. The van der Waals surface area contributed by atoms with E-state index in [4.69, 9.17) is 0 Å². The second-order valence-corrected chi connectivity index (χ2v) is 6.55. The van der Waals surface area contributed by atoms with Crippen molar-refractivity contribution >= 4 is 0 Å². The van der Waals surface area contributed by atoms with Crippen molar-refractivity contribution < 1.29 is 0 Å². The normalized spacial score (nSPS) is 30.4. The molecule has 1 saturated carbocycles. The fourth-order valence-electron chi connectivity index (χ4n) is 3.69. The van der Waals surface area contributed by atoms with Crippen molar-refractivity contribution in [3.63, 3.8) is 0 Å². The summed E-state index contributed by atoms with van der Waals surface area (Å²) in [6.45, 7) is 9.96. The van der Waals surface area contributed by atoms with Gasteiger partial charge in [0.15, 0.2) is 0 Å². The maximum atomic E-state index is 3.71. The van der Waals surface area contributed by atoms with Crippen LogP contribution in [0.3, 0.4) is 0 Å². The van der Waals surface area contributed by atoms with Crippen LogP contribution in [0.15, 0.2) is 0 Å². The monoisotopic (exact) mass is 238 g/mol. The quantitative estimate of drug-likeness (QED) is 0.810. The van der Waals surface area contributed by atoms with E-state index >= 15 is 0 Å². The molecular formula is C15H30N2. The Kier molecular flexibility index (Phi) is 4.87. The van der Waals surface area contributed by atoms with Gasteiger partial charge in [0.1, 0.15) is 0 Å². The second-order valence-electron chi connectivity index (χ2n) is 6.55. The smallest absolute Gasteiger partial charge is 0.0194 e. The Morgan fingerprint density at radius 2 is 2.00 bits per heavy atom. The molecule has 0 radical (unpaired) electrons. The molecule has 100 valence electrons. The lowest BCUT2D eigenvalue weighted by atomic mass is 9.88. The van der Waals surface area contributed by atoms with Gasteiger partial charge in [-0.3, -0.25) is 0 Å². The van der Waals surface area contributed by atoms with Gasteiger partial charge in [0.05, 0.1) is 0 Å². The molecule has 2 fully saturated rings. The molecule has 1 atom stereocenters. The van der Waals surface area contributed by atoms with Crippen molar-refractivity contribution in [1.29, 1.82) is 0 Å². The van der Waals surface area contributed by atoms with Gasteiger partial charge in [-0.15, -0.1) is 0 Å². The first-order valence-corrected chi connectivity index (χ1v) is 7.68. The van der Waals surface area contributed by atoms with Gasteiger partial charge in [-0.05, 0) is 44.2 Å². The molecule has 17 heavy (non-hydrogen) atoms. The molecule has 0 spiro atoms. The van der Waals surface area contributed by atoms with Crippen LogP contribution < -0.4 is 5.32 Å². The third-order valence-corrected chi connectivity index (χ3v) is 4.62. The van der Waals surface area contributed by atoms with Crippen molar-refractivity contribution in [2.45, 2.75) is 64.8 Å². The molecule has 1 aliphatic heterocycles. The van der Waals surface area contributed by atoms with Gasteiger partial charge in [-0.1, -0.05) is 33.1 Å². The SMILES string of the molecule is CCCC1CN(CC2(C)CCCC2)CCCN1. The van der Waals surface area contributed by atoms with E-state index in [-0.39, 0.29) is 0 Å². The van der Waals surface area contributed by atoms with Crippen LogP contribution in [0.5, 0.6) is 0 Å². The van der Waals surface area contributed by atoms with Gasteiger partial charge in [0.25, 0.3) is 0 Å². The Bertz CT molecular complexity index is 221. The fourth-order valence-corrected chi connectivity index (χ4v) is 3.69. The van der Waals surface area contributed by atoms with Gasteiger partial charge in [0, 0.05) is 19.1 Å². The molecule has 0 aromatic carbocycles. The summed E-state index contributed by atoms with van der Waals surface area (Å²) in [6, 6.07) is 0.743. The summed E-state index contributed by atoms with van der Waals surface area (Å²) >= 11 is 0. The molecule has 2 aliphatic rings. The second kappa shape index (κ2) is 6.19. The van der Waals surface area contributed by atoms with Crippen molar-refractivity contribution in [2.75, 3.05) is 26.2 Å². The third-order valence-electron chi connectivity index (χ3n) is 4.62.